The van der Waals surface area contributed by atoms with Gasteiger partial charge in [-0.05, 0) is 30.3 Å². The fourth-order valence-electron chi connectivity index (χ4n) is 2.50. The monoisotopic (exact) mass is 359 g/mol. The second-order valence-electron chi connectivity index (χ2n) is 5.43. The number of nitrogens with zero attached hydrogens (tertiary/aromatic N) is 2. The maximum atomic E-state index is 13.3. The molecule has 0 spiro atoms. The smallest absolute Gasteiger partial charge is 0.275 e. The summed E-state index contributed by atoms with van der Waals surface area (Å²) >= 11 is 0. The Bertz CT molecular complexity index is 872. The lowest BCUT2D eigenvalue weighted by molar-refractivity contribution is 0.0473. The van der Waals surface area contributed by atoms with E-state index in [9.17, 15) is 13.2 Å². The molecule has 0 amide bonds. The van der Waals surface area contributed by atoms with Gasteiger partial charge in [0, 0.05) is 17.3 Å². The molecule has 2 aromatic heterocycles. The summed E-state index contributed by atoms with van der Waals surface area (Å²) in [4.78, 5) is 8.09. The van der Waals surface area contributed by atoms with Gasteiger partial charge in [-0.25, -0.2) is 18.2 Å². The third-order valence-electron chi connectivity index (χ3n) is 3.76. The number of benzene rings is 1. The molecule has 1 unspecified atom stereocenters. The highest BCUT2D eigenvalue weighted by molar-refractivity contribution is 5.81. The first-order valence-corrected chi connectivity index (χ1v) is 7.83. The van der Waals surface area contributed by atoms with E-state index in [0.717, 1.165) is 11.1 Å². The van der Waals surface area contributed by atoms with E-state index >= 15 is 0 Å². The molecule has 3 aromatic rings. The molecule has 0 bridgehead atoms. The number of halogens is 3. The molecular formula is C19H16F3N3O. The number of alkyl halides is 3. The average Bonchev–Trinajstić information content (AvgIpc) is 2.68. The zero-order chi connectivity index (χ0) is 18.5. The van der Waals surface area contributed by atoms with Crippen molar-refractivity contribution in [2.24, 2.45) is 0 Å². The summed E-state index contributed by atoms with van der Waals surface area (Å²) in [5.41, 5.74) is 1.84. The normalized spacial score (nSPS) is 12.0. The summed E-state index contributed by atoms with van der Waals surface area (Å²) in [5, 5.41) is 3.08. The molecular weight excluding hydrogens is 343 g/mol. The second kappa shape index (κ2) is 7.86. The molecule has 1 atom stereocenters. The first-order valence-electron chi connectivity index (χ1n) is 7.83. The highest BCUT2D eigenvalue weighted by Crippen LogP contribution is 2.34. The number of para-hydroxylation sites is 1. The van der Waals surface area contributed by atoms with E-state index in [1.807, 2.05) is 30.3 Å². The number of nitrogens with one attached hydrogen (secondary N) is 1. The Morgan fingerprint density at radius 2 is 1.69 bits per heavy atom. The van der Waals surface area contributed by atoms with E-state index in [0.29, 0.717) is 17.3 Å². The standard InChI is InChI=1S/C19H16F3N3O/c1-26-16-7-3-2-5-13(16)14-6-4-10-23-19(14)25-12-8-9-15(24-11-12)17(20)18(21)22/h2-11,17-18H,1H3,(H,23,25). The van der Waals surface area contributed by atoms with Crippen LogP contribution >= 0.6 is 0 Å². The molecule has 1 aromatic carbocycles. The van der Waals surface area contributed by atoms with Crippen LogP contribution in [0.3, 0.4) is 0 Å². The lowest BCUT2D eigenvalue weighted by atomic mass is 10.1. The van der Waals surface area contributed by atoms with Crippen LogP contribution < -0.4 is 10.1 Å². The van der Waals surface area contributed by atoms with Crippen LogP contribution in [0.5, 0.6) is 5.75 Å². The Morgan fingerprint density at radius 3 is 2.38 bits per heavy atom. The minimum absolute atomic E-state index is 0.309. The quantitative estimate of drug-likeness (QED) is 0.659. The van der Waals surface area contributed by atoms with Crippen LogP contribution in [0.2, 0.25) is 0 Å². The van der Waals surface area contributed by atoms with Crippen molar-refractivity contribution in [2.45, 2.75) is 12.6 Å². The molecule has 0 saturated heterocycles. The van der Waals surface area contributed by atoms with Crippen molar-refractivity contribution in [3.63, 3.8) is 0 Å². The van der Waals surface area contributed by atoms with E-state index in [1.165, 1.54) is 18.3 Å². The van der Waals surface area contributed by atoms with E-state index in [4.69, 9.17) is 4.74 Å². The van der Waals surface area contributed by atoms with E-state index in [1.54, 1.807) is 19.4 Å². The summed E-state index contributed by atoms with van der Waals surface area (Å²) in [5.74, 6) is 1.23. The van der Waals surface area contributed by atoms with Crippen LogP contribution in [0, 0.1) is 0 Å². The van der Waals surface area contributed by atoms with Gasteiger partial charge in [0.05, 0.1) is 24.7 Å². The highest BCUT2D eigenvalue weighted by atomic mass is 19.3. The molecule has 3 rings (SSSR count). The first kappa shape index (κ1) is 17.7. The molecule has 0 aliphatic heterocycles. The van der Waals surface area contributed by atoms with Crippen LogP contribution in [0.15, 0.2) is 60.9 Å². The van der Waals surface area contributed by atoms with Crippen molar-refractivity contribution in [2.75, 3.05) is 12.4 Å². The number of aromatic nitrogens is 2. The molecule has 26 heavy (non-hydrogen) atoms. The van der Waals surface area contributed by atoms with E-state index < -0.39 is 12.6 Å². The number of rotatable bonds is 6. The predicted molar refractivity (Wildman–Crippen MR) is 93.6 cm³/mol. The molecule has 0 fully saturated rings. The van der Waals surface area contributed by atoms with Gasteiger partial charge in [0.1, 0.15) is 11.6 Å². The summed E-state index contributed by atoms with van der Waals surface area (Å²) in [6.07, 6.45) is -2.58. The van der Waals surface area contributed by atoms with E-state index in [-0.39, 0.29) is 5.69 Å². The largest absolute Gasteiger partial charge is 0.496 e. The number of hydrogen-bond acceptors (Lipinski definition) is 4. The van der Waals surface area contributed by atoms with Crippen molar-refractivity contribution in [3.05, 3.63) is 66.6 Å². The van der Waals surface area contributed by atoms with Gasteiger partial charge in [-0.15, -0.1) is 0 Å². The number of methoxy groups -OCH3 is 1. The maximum Gasteiger partial charge on any atom is 0.275 e. The van der Waals surface area contributed by atoms with Crippen LogP contribution in [0.1, 0.15) is 11.9 Å². The molecule has 0 aliphatic rings. The Kier molecular flexibility index (Phi) is 5.36. The maximum absolute atomic E-state index is 13.3. The first-order chi connectivity index (χ1) is 12.6. The van der Waals surface area contributed by atoms with Crippen molar-refractivity contribution in [3.8, 4) is 16.9 Å². The molecule has 0 aliphatic carbocycles. The SMILES string of the molecule is COc1ccccc1-c1cccnc1Nc1ccc(C(F)C(F)F)nc1. The Labute approximate surface area is 148 Å². The zero-order valence-electron chi connectivity index (χ0n) is 13.9. The molecule has 134 valence electrons. The van der Waals surface area contributed by atoms with Gasteiger partial charge >= 0.3 is 0 Å². The molecule has 4 nitrogen and oxygen atoms in total. The Hall–Kier alpha value is -3.09. The Balaban J connectivity index is 1.90. The second-order valence-corrected chi connectivity index (χ2v) is 5.43. The molecule has 0 saturated carbocycles. The van der Waals surface area contributed by atoms with Crippen molar-refractivity contribution in [1.29, 1.82) is 0 Å². The van der Waals surface area contributed by atoms with Gasteiger partial charge in [-0.1, -0.05) is 18.2 Å². The predicted octanol–water partition coefficient (Wildman–Crippen LogP) is 5.17. The molecule has 2 heterocycles. The van der Waals surface area contributed by atoms with E-state index in [2.05, 4.69) is 15.3 Å². The van der Waals surface area contributed by atoms with Crippen LogP contribution in [-0.4, -0.2) is 23.5 Å². The summed E-state index contributed by atoms with van der Waals surface area (Å²) < 4.78 is 43.6. The minimum atomic E-state index is -3.10. The lowest BCUT2D eigenvalue weighted by Gasteiger charge is -2.14. The van der Waals surface area contributed by atoms with Gasteiger partial charge < -0.3 is 10.1 Å². The minimum Gasteiger partial charge on any atom is -0.496 e. The average molecular weight is 359 g/mol. The fraction of sp³-hybridized carbons (Fsp3) is 0.158. The third kappa shape index (κ3) is 3.77. The lowest BCUT2D eigenvalue weighted by Crippen LogP contribution is -2.05. The Morgan fingerprint density at radius 1 is 0.923 bits per heavy atom. The van der Waals surface area contributed by atoms with Gasteiger partial charge in [0.2, 0.25) is 6.17 Å². The third-order valence-corrected chi connectivity index (χ3v) is 3.76. The van der Waals surface area contributed by atoms with Crippen LogP contribution in [0.25, 0.3) is 11.1 Å². The summed E-state index contributed by atoms with van der Waals surface area (Å²) in [7, 11) is 1.58. The van der Waals surface area contributed by atoms with Gasteiger partial charge in [-0.2, -0.15) is 0 Å². The van der Waals surface area contributed by atoms with Gasteiger partial charge in [0.15, 0.2) is 0 Å². The van der Waals surface area contributed by atoms with Crippen LogP contribution in [-0.2, 0) is 0 Å². The topological polar surface area (TPSA) is 47.0 Å². The number of hydrogen-bond donors (Lipinski definition) is 1. The fourth-order valence-corrected chi connectivity index (χ4v) is 2.50. The van der Waals surface area contributed by atoms with Gasteiger partial charge in [-0.3, -0.25) is 4.98 Å². The highest BCUT2D eigenvalue weighted by Gasteiger charge is 2.22. The van der Waals surface area contributed by atoms with Gasteiger partial charge in [0.25, 0.3) is 6.43 Å². The van der Waals surface area contributed by atoms with Crippen molar-refractivity contribution < 1.29 is 17.9 Å². The van der Waals surface area contributed by atoms with Crippen LogP contribution in [0.4, 0.5) is 24.7 Å². The van der Waals surface area contributed by atoms with Crippen molar-refractivity contribution >= 4 is 11.5 Å². The zero-order valence-corrected chi connectivity index (χ0v) is 13.9. The molecule has 0 radical (unpaired) electrons. The van der Waals surface area contributed by atoms with Crippen molar-refractivity contribution in [1.82, 2.24) is 9.97 Å². The molecule has 1 N–H and O–H groups in total. The number of ether oxygens (including phenoxy) is 1. The number of pyridine rings is 2. The number of anilines is 2. The summed E-state index contributed by atoms with van der Waals surface area (Å²) in [6.45, 7) is 0. The summed E-state index contributed by atoms with van der Waals surface area (Å²) in [6, 6.07) is 13.9. The molecule has 7 heteroatoms.